The molecule has 3 aromatic rings. The molecule has 0 amide bonds. The maximum atomic E-state index is 13.0. The summed E-state index contributed by atoms with van der Waals surface area (Å²) in [6, 6.07) is 10.4. The molecule has 0 radical (unpaired) electrons. The predicted molar refractivity (Wildman–Crippen MR) is 132 cm³/mol. The SMILES string of the molecule is CN1CCC(Oc2c(O)cc(O)c3c(=O)cc(-c4ccc(N5CCN(C)CC5)cc4)oc23)CC1. The Labute approximate surface area is 198 Å². The molecule has 180 valence electrons. The number of hydrogen-bond acceptors (Lipinski definition) is 8. The number of phenols is 2. The summed E-state index contributed by atoms with van der Waals surface area (Å²) in [5.74, 6) is -0.0976. The number of nitrogens with zero attached hydrogens (tertiary/aromatic N) is 3. The van der Waals surface area contributed by atoms with E-state index in [1.165, 1.54) is 6.07 Å². The van der Waals surface area contributed by atoms with E-state index in [1.54, 1.807) is 0 Å². The Balaban J connectivity index is 1.49. The maximum Gasteiger partial charge on any atom is 0.205 e. The van der Waals surface area contributed by atoms with E-state index in [2.05, 4.69) is 28.8 Å². The number of aromatic hydroxyl groups is 2. The first kappa shape index (κ1) is 22.6. The summed E-state index contributed by atoms with van der Waals surface area (Å²) in [6.07, 6.45) is 1.50. The Bertz CT molecular complexity index is 1220. The molecule has 1 aromatic heterocycles. The highest BCUT2D eigenvalue weighted by Crippen LogP contribution is 2.41. The minimum absolute atomic E-state index is 0.0125. The lowest BCUT2D eigenvalue weighted by Crippen LogP contribution is -2.44. The largest absolute Gasteiger partial charge is 0.507 e. The Morgan fingerprint density at radius 1 is 0.882 bits per heavy atom. The lowest BCUT2D eigenvalue weighted by molar-refractivity contribution is 0.111. The van der Waals surface area contributed by atoms with Crippen LogP contribution in [-0.2, 0) is 0 Å². The van der Waals surface area contributed by atoms with Crippen LogP contribution >= 0.6 is 0 Å². The summed E-state index contributed by atoms with van der Waals surface area (Å²) in [5, 5.41) is 20.9. The molecular weight excluding hydrogens is 434 g/mol. The Morgan fingerprint density at radius 3 is 2.21 bits per heavy atom. The van der Waals surface area contributed by atoms with Crippen LogP contribution in [0.2, 0.25) is 0 Å². The van der Waals surface area contributed by atoms with Gasteiger partial charge in [0.2, 0.25) is 5.75 Å². The highest BCUT2D eigenvalue weighted by Gasteiger charge is 2.24. The average Bonchev–Trinajstić information content (AvgIpc) is 2.83. The number of fused-ring (bicyclic) bond motifs is 1. The van der Waals surface area contributed by atoms with Crippen molar-refractivity contribution < 1.29 is 19.4 Å². The van der Waals surface area contributed by atoms with Crippen LogP contribution < -0.4 is 15.1 Å². The molecule has 2 N–H and O–H groups in total. The molecule has 2 saturated heterocycles. The van der Waals surface area contributed by atoms with Crippen molar-refractivity contribution in [3.63, 3.8) is 0 Å². The highest BCUT2D eigenvalue weighted by molar-refractivity contribution is 5.91. The molecule has 34 heavy (non-hydrogen) atoms. The van der Waals surface area contributed by atoms with Gasteiger partial charge in [-0.1, -0.05) is 0 Å². The molecule has 8 heteroatoms. The minimum Gasteiger partial charge on any atom is -0.507 e. The first-order chi connectivity index (χ1) is 16.4. The van der Waals surface area contributed by atoms with Crippen LogP contribution in [-0.4, -0.2) is 79.5 Å². The van der Waals surface area contributed by atoms with Crippen LogP contribution in [0, 0.1) is 0 Å². The van der Waals surface area contributed by atoms with E-state index in [-0.39, 0.29) is 39.8 Å². The first-order valence-corrected chi connectivity index (χ1v) is 11.8. The third kappa shape index (κ3) is 4.43. The van der Waals surface area contributed by atoms with Gasteiger partial charge in [0.05, 0.1) is 0 Å². The zero-order valence-corrected chi connectivity index (χ0v) is 19.7. The number of likely N-dealkylation sites (N-methyl/N-ethyl adjacent to an activating group) is 1. The molecule has 2 aliphatic rings. The lowest BCUT2D eigenvalue weighted by atomic mass is 10.1. The van der Waals surface area contributed by atoms with Gasteiger partial charge in [-0.15, -0.1) is 0 Å². The van der Waals surface area contributed by atoms with E-state index in [4.69, 9.17) is 9.15 Å². The molecule has 2 aromatic carbocycles. The van der Waals surface area contributed by atoms with Gasteiger partial charge in [-0.05, 0) is 51.2 Å². The zero-order valence-electron chi connectivity index (χ0n) is 19.7. The third-order valence-electron chi connectivity index (χ3n) is 6.89. The zero-order chi connectivity index (χ0) is 23.8. The van der Waals surface area contributed by atoms with Gasteiger partial charge >= 0.3 is 0 Å². The van der Waals surface area contributed by atoms with Crippen molar-refractivity contribution in [2.45, 2.75) is 18.9 Å². The van der Waals surface area contributed by atoms with Gasteiger partial charge < -0.3 is 34.1 Å². The van der Waals surface area contributed by atoms with Crippen LogP contribution in [0.15, 0.2) is 45.6 Å². The van der Waals surface area contributed by atoms with E-state index in [9.17, 15) is 15.0 Å². The van der Waals surface area contributed by atoms with E-state index < -0.39 is 0 Å². The van der Waals surface area contributed by atoms with Gasteiger partial charge in [-0.3, -0.25) is 4.79 Å². The fourth-order valence-corrected chi connectivity index (χ4v) is 4.71. The summed E-state index contributed by atoms with van der Waals surface area (Å²) < 4.78 is 12.2. The number of hydrogen-bond donors (Lipinski definition) is 2. The van der Waals surface area contributed by atoms with E-state index in [0.29, 0.717) is 5.76 Å². The predicted octanol–water partition coefficient (Wildman–Crippen LogP) is 3.10. The van der Waals surface area contributed by atoms with Gasteiger partial charge in [-0.25, -0.2) is 0 Å². The van der Waals surface area contributed by atoms with E-state index in [0.717, 1.165) is 69.4 Å². The van der Waals surface area contributed by atoms with Crippen molar-refractivity contribution in [2.24, 2.45) is 0 Å². The summed E-state index contributed by atoms with van der Waals surface area (Å²) in [5.41, 5.74) is 1.55. The second-order valence-corrected chi connectivity index (χ2v) is 9.38. The minimum atomic E-state index is -0.384. The Kier molecular flexibility index (Phi) is 6.10. The molecule has 0 aliphatic carbocycles. The summed E-state index contributed by atoms with van der Waals surface area (Å²) in [6.45, 7) is 5.75. The fourth-order valence-electron chi connectivity index (χ4n) is 4.71. The normalized spacial score (nSPS) is 18.5. The maximum absolute atomic E-state index is 13.0. The molecule has 0 spiro atoms. The molecule has 0 unspecified atom stereocenters. The van der Waals surface area contributed by atoms with Crippen molar-refractivity contribution in [2.75, 3.05) is 58.3 Å². The van der Waals surface area contributed by atoms with Gasteiger partial charge in [-0.2, -0.15) is 0 Å². The standard InChI is InChI=1S/C26H31N3O5/c1-27-9-7-19(8-10-27)33-25-22(32)15-20(30)24-21(31)16-23(34-26(24)25)17-3-5-18(6-4-17)29-13-11-28(2)12-14-29/h3-6,15-16,19,30,32H,7-14H2,1-2H3. The Morgan fingerprint density at radius 2 is 1.53 bits per heavy atom. The number of anilines is 1. The molecular formula is C26H31N3O5. The number of likely N-dealkylation sites (tertiary alicyclic amines) is 1. The number of ether oxygens (including phenoxy) is 1. The van der Waals surface area contributed by atoms with Crippen molar-refractivity contribution in [3.8, 4) is 28.6 Å². The topological polar surface area (TPSA) is 89.6 Å². The average molecular weight is 466 g/mol. The molecule has 3 heterocycles. The van der Waals surface area contributed by atoms with E-state index in [1.807, 2.05) is 24.3 Å². The second kappa shape index (κ2) is 9.19. The molecule has 2 aliphatic heterocycles. The summed E-state index contributed by atoms with van der Waals surface area (Å²) in [7, 11) is 4.19. The number of phenolic OH excluding ortho intramolecular Hbond substituents is 2. The molecule has 2 fully saturated rings. The highest BCUT2D eigenvalue weighted by atomic mass is 16.5. The summed E-state index contributed by atoms with van der Waals surface area (Å²) >= 11 is 0. The number of piperidine rings is 1. The lowest BCUT2D eigenvalue weighted by Gasteiger charge is -2.34. The van der Waals surface area contributed by atoms with Crippen LogP contribution in [0.4, 0.5) is 5.69 Å². The van der Waals surface area contributed by atoms with Gasteiger partial charge in [0.25, 0.3) is 0 Å². The van der Waals surface area contributed by atoms with Gasteiger partial charge in [0.15, 0.2) is 16.8 Å². The molecule has 0 bridgehead atoms. The van der Waals surface area contributed by atoms with Crippen LogP contribution in [0.5, 0.6) is 17.2 Å². The van der Waals surface area contributed by atoms with Crippen LogP contribution in [0.25, 0.3) is 22.3 Å². The number of rotatable bonds is 4. The molecule has 5 rings (SSSR count). The Hall–Kier alpha value is -3.23. The van der Waals surface area contributed by atoms with Crippen LogP contribution in [0.3, 0.4) is 0 Å². The number of piperazine rings is 1. The smallest absolute Gasteiger partial charge is 0.205 e. The molecule has 0 saturated carbocycles. The molecule has 0 atom stereocenters. The van der Waals surface area contributed by atoms with Gasteiger partial charge in [0.1, 0.15) is 23.0 Å². The third-order valence-corrected chi connectivity index (χ3v) is 6.89. The van der Waals surface area contributed by atoms with Crippen molar-refractivity contribution in [1.29, 1.82) is 0 Å². The van der Waals surface area contributed by atoms with Crippen LogP contribution in [0.1, 0.15) is 12.8 Å². The number of benzene rings is 2. The van der Waals surface area contributed by atoms with Crippen molar-refractivity contribution in [1.82, 2.24) is 9.80 Å². The monoisotopic (exact) mass is 465 g/mol. The van der Waals surface area contributed by atoms with E-state index >= 15 is 0 Å². The quantitative estimate of drug-likeness (QED) is 0.608. The fraction of sp³-hybridized carbons (Fsp3) is 0.423. The first-order valence-electron chi connectivity index (χ1n) is 11.8. The second-order valence-electron chi connectivity index (χ2n) is 9.38. The van der Waals surface area contributed by atoms with Gasteiger partial charge in [0, 0.05) is 62.7 Å². The summed E-state index contributed by atoms with van der Waals surface area (Å²) in [4.78, 5) is 19.8. The van der Waals surface area contributed by atoms with Crippen molar-refractivity contribution in [3.05, 3.63) is 46.6 Å². The van der Waals surface area contributed by atoms with Crippen molar-refractivity contribution >= 4 is 16.7 Å². The molecule has 8 nitrogen and oxygen atoms in total.